The van der Waals surface area contributed by atoms with Crippen LogP contribution in [-0.4, -0.2) is 38.8 Å². The number of hydrogen-bond donors (Lipinski definition) is 0. The lowest BCUT2D eigenvalue weighted by atomic mass is 10.2. The molecule has 0 fully saturated rings. The molecule has 0 heterocycles. The SMILES string of the molecule is CCOC(=O)C(C(=O)OCC)S(=O)(=O)Cc1ccccc1. The van der Waals surface area contributed by atoms with E-state index in [-0.39, 0.29) is 13.2 Å². The Kier molecular flexibility index (Phi) is 6.36. The molecule has 0 unspecified atom stereocenters. The second-order valence-corrected chi connectivity index (χ2v) is 6.26. The van der Waals surface area contributed by atoms with Crippen LogP contribution in [0.1, 0.15) is 19.4 Å². The van der Waals surface area contributed by atoms with E-state index >= 15 is 0 Å². The van der Waals surface area contributed by atoms with Gasteiger partial charge in [-0.1, -0.05) is 30.3 Å². The molecule has 0 atom stereocenters. The summed E-state index contributed by atoms with van der Waals surface area (Å²) >= 11 is 0. The Morgan fingerprint density at radius 1 is 1.00 bits per heavy atom. The third-order valence-electron chi connectivity index (χ3n) is 2.57. The van der Waals surface area contributed by atoms with Gasteiger partial charge in [-0.05, 0) is 19.4 Å². The van der Waals surface area contributed by atoms with E-state index in [1.165, 1.54) is 13.8 Å². The van der Waals surface area contributed by atoms with Gasteiger partial charge in [0.2, 0.25) is 0 Å². The van der Waals surface area contributed by atoms with Crippen LogP contribution in [0.25, 0.3) is 0 Å². The highest BCUT2D eigenvalue weighted by Gasteiger charge is 2.41. The molecule has 0 saturated carbocycles. The van der Waals surface area contributed by atoms with E-state index in [4.69, 9.17) is 0 Å². The Balaban J connectivity index is 3.05. The fourth-order valence-electron chi connectivity index (χ4n) is 1.72. The van der Waals surface area contributed by atoms with Crippen LogP contribution in [0.5, 0.6) is 0 Å². The van der Waals surface area contributed by atoms with Crippen molar-refractivity contribution >= 4 is 21.8 Å². The predicted octanol–water partition coefficient (Wildman–Crippen LogP) is 1.10. The van der Waals surface area contributed by atoms with Crippen LogP contribution in [0.2, 0.25) is 0 Å². The van der Waals surface area contributed by atoms with Crippen molar-refractivity contribution < 1.29 is 27.5 Å². The van der Waals surface area contributed by atoms with Crippen molar-refractivity contribution in [2.45, 2.75) is 24.9 Å². The van der Waals surface area contributed by atoms with Crippen molar-refractivity contribution in [1.82, 2.24) is 0 Å². The molecule has 0 aromatic heterocycles. The lowest BCUT2D eigenvalue weighted by molar-refractivity contribution is -0.153. The Morgan fingerprint density at radius 2 is 1.48 bits per heavy atom. The van der Waals surface area contributed by atoms with Gasteiger partial charge in [0, 0.05) is 0 Å². The Hall–Kier alpha value is -1.89. The quantitative estimate of drug-likeness (QED) is 0.553. The zero-order valence-corrected chi connectivity index (χ0v) is 12.8. The van der Waals surface area contributed by atoms with E-state index < -0.39 is 32.8 Å². The summed E-state index contributed by atoms with van der Waals surface area (Å²) < 4.78 is 34.0. The van der Waals surface area contributed by atoms with Gasteiger partial charge >= 0.3 is 11.9 Å². The lowest BCUT2D eigenvalue weighted by Gasteiger charge is -2.15. The molecule has 21 heavy (non-hydrogen) atoms. The Bertz CT molecular complexity index is 561. The Labute approximate surface area is 124 Å². The first kappa shape index (κ1) is 17.2. The van der Waals surface area contributed by atoms with Gasteiger partial charge in [0.05, 0.1) is 19.0 Å². The maximum Gasteiger partial charge on any atom is 0.336 e. The number of rotatable bonds is 7. The van der Waals surface area contributed by atoms with Crippen LogP contribution in [-0.2, 0) is 34.7 Å². The Morgan fingerprint density at radius 3 is 1.90 bits per heavy atom. The molecule has 0 saturated heterocycles. The molecular formula is C14H18O6S. The van der Waals surface area contributed by atoms with E-state index in [2.05, 4.69) is 9.47 Å². The molecule has 116 valence electrons. The first-order valence-corrected chi connectivity index (χ1v) is 8.22. The van der Waals surface area contributed by atoms with Gasteiger partial charge in [-0.15, -0.1) is 0 Å². The summed E-state index contributed by atoms with van der Waals surface area (Å²) in [6.07, 6.45) is 0. The highest BCUT2D eigenvalue weighted by Crippen LogP contribution is 2.14. The molecule has 0 spiro atoms. The van der Waals surface area contributed by atoms with Crippen LogP contribution in [0.4, 0.5) is 0 Å². The number of ether oxygens (including phenoxy) is 2. The molecule has 7 heteroatoms. The van der Waals surface area contributed by atoms with Crippen LogP contribution < -0.4 is 0 Å². The molecule has 0 aliphatic carbocycles. The van der Waals surface area contributed by atoms with Crippen molar-refractivity contribution in [1.29, 1.82) is 0 Å². The van der Waals surface area contributed by atoms with Gasteiger partial charge in [-0.2, -0.15) is 0 Å². The lowest BCUT2D eigenvalue weighted by Crippen LogP contribution is -2.41. The molecule has 0 amide bonds. The van der Waals surface area contributed by atoms with E-state index in [0.29, 0.717) is 5.56 Å². The largest absolute Gasteiger partial charge is 0.465 e. The highest BCUT2D eigenvalue weighted by molar-refractivity contribution is 7.92. The summed E-state index contributed by atoms with van der Waals surface area (Å²) in [6.45, 7) is 3.03. The molecule has 0 bridgehead atoms. The molecular weight excluding hydrogens is 296 g/mol. The van der Waals surface area contributed by atoms with Gasteiger partial charge in [0.15, 0.2) is 9.84 Å². The summed E-state index contributed by atoms with van der Waals surface area (Å²) in [5.74, 6) is -2.64. The average Bonchev–Trinajstić information content (AvgIpc) is 2.39. The third kappa shape index (κ3) is 4.86. The molecule has 0 aliphatic heterocycles. The number of carbonyl (C=O) groups excluding carboxylic acids is 2. The van der Waals surface area contributed by atoms with Crippen LogP contribution in [0.3, 0.4) is 0 Å². The number of esters is 2. The smallest absolute Gasteiger partial charge is 0.336 e. The summed E-state index contributed by atoms with van der Waals surface area (Å²) in [7, 11) is -4.07. The van der Waals surface area contributed by atoms with Gasteiger partial charge < -0.3 is 9.47 Å². The zero-order valence-electron chi connectivity index (χ0n) is 11.9. The van der Waals surface area contributed by atoms with Gasteiger partial charge in [-0.25, -0.2) is 8.42 Å². The van der Waals surface area contributed by atoms with Crippen molar-refractivity contribution in [3.8, 4) is 0 Å². The fourth-order valence-corrected chi connectivity index (χ4v) is 3.26. The highest BCUT2D eigenvalue weighted by atomic mass is 32.2. The molecule has 0 aliphatic rings. The van der Waals surface area contributed by atoms with Crippen LogP contribution in [0.15, 0.2) is 30.3 Å². The maximum absolute atomic E-state index is 12.3. The van der Waals surface area contributed by atoms with Crippen molar-refractivity contribution in [3.63, 3.8) is 0 Å². The minimum absolute atomic E-state index is 0.0183. The second kappa shape index (κ2) is 7.78. The van der Waals surface area contributed by atoms with Crippen molar-refractivity contribution in [3.05, 3.63) is 35.9 Å². The molecule has 1 rings (SSSR count). The molecule has 1 aromatic rings. The topological polar surface area (TPSA) is 86.7 Å². The average molecular weight is 314 g/mol. The fraction of sp³-hybridized carbons (Fsp3) is 0.429. The van der Waals surface area contributed by atoms with Gasteiger partial charge in [0.25, 0.3) is 5.25 Å². The second-order valence-electron chi connectivity index (χ2n) is 4.18. The van der Waals surface area contributed by atoms with Crippen molar-refractivity contribution in [2.75, 3.05) is 13.2 Å². The molecule has 0 N–H and O–H groups in total. The molecule has 0 radical (unpaired) electrons. The summed E-state index contributed by atoms with van der Waals surface area (Å²) in [5, 5.41) is -1.95. The number of carbonyl (C=O) groups is 2. The van der Waals surface area contributed by atoms with E-state index in [1.54, 1.807) is 30.3 Å². The first-order valence-electron chi connectivity index (χ1n) is 6.51. The minimum Gasteiger partial charge on any atom is -0.465 e. The van der Waals surface area contributed by atoms with Crippen molar-refractivity contribution in [2.24, 2.45) is 0 Å². The van der Waals surface area contributed by atoms with Gasteiger partial charge in [0.1, 0.15) is 0 Å². The van der Waals surface area contributed by atoms with E-state index in [0.717, 1.165) is 0 Å². The molecule has 6 nitrogen and oxygen atoms in total. The number of hydrogen-bond acceptors (Lipinski definition) is 6. The van der Waals surface area contributed by atoms with E-state index in [9.17, 15) is 18.0 Å². The molecule has 1 aromatic carbocycles. The van der Waals surface area contributed by atoms with Gasteiger partial charge in [-0.3, -0.25) is 9.59 Å². The number of sulfone groups is 1. The zero-order chi connectivity index (χ0) is 15.9. The maximum atomic E-state index is 12.3. The van der Waals surface area contributed by atoms with E-state index in [1.807, 2.05) is 0 Å². The monoisotopic (exact) mass is 314 g/mol. The summed E-state index contributed by atoms with van der Waals surface area (Å²) in [4.78, 5) is 23.6. The summed E-state index contributed by atoms with van der Waals surface area (Å²) in [6, 6.07) is 8.29. The van der Waals surface area contributed by atoms with Crippen LogP contribution in [0, 0.1) is 0 Å². The first-order chi connectivity index (χ1) is 9.92. The van der Waals surface area contributed by atoms with Crippen LogP contribution >= 0.6 is 0 Å². The third-order valence-corrected chi connectivity index (χ3v) is 4.41. The normalized spacial score (nSPS) is 11.2. The number of benzene rings is 1. The summed E-state index contributed by atoms with van der Waals surface area (Å²) in [5.41, 5.74) is 0.482. The predicted molar refractivity (Wildman–Crippen MR) is 76.1 cm³/mol. The standard InChI is InChI=1S/C14H18O6S/c1-3-19-13(15)12(14(16)20-4-2)21(17,18)10-11-8-6-5-7-9-11/h5-9,12H,3-4,10H2,1-2H3. The minimum atomic E-state index is -4.07.